The lowest BCUT2D eigenvalue weighted by Crippen LogP contribution is -2.15. The molecule has 0 fully saturated rings. The number of ether oxygens (including phenoxy) is 2. The summed E-state index contributed by atoms with van der Waals surface area (Å²) in [6.07, 6.45) is -1.21. The molecule has 0 aliphatic carbocycles. The van der Waals surface area contributed by atoms with Crippen LogP contribution in [0.3, 0.4) is 0 Å². The Balaban J connectivity index is 3.24. The van der Waals surface area contributed by atoms with Gasteiger partial charge < -0.3 is 9.47 Å². The molecule has 7 heteroatoms. The number of hydrogen-bond donors (Lipinski definition) is 0. The first-order valence-corrected chi connectivity index (χ1v) is 5.82. The summed E-state index contributed by atoms with van der Waals surface area (Å²) >= 11 is 0. The van der Waals surface area contributed by atoms with Crippen molar-refractivity contribution in [3.63, 3.8) is 0 Å². The van der Waals surface area contributed by atoms with Gasteiger partial charge in [-0.05, 0) is 26.0 Å². The number of hydrogen-bond acceptors (Lipinski definition) is 6. The third kappa shape index (κ3) is 3.78. The molecule has 0 spiro atoms. The van der Waals surface area contributed by atoms with E-state index >= 15 is 0 Å². The average Bonchev–Trinajstić information content (AvgIpc) is 2.24. The van der Waals surface area contributed by atoms with E-state index in [1.165, 1.54) is 26.0 Å². The lowest BCUT2D eigenvalue weighted by atomic mass is 10.0. The predicted octanol–water partition coefficient (Wildman–Crippen LogP) is 2.34. The molecule has 1 aromatic carbocycles. The van der Waals surface area contributed by atoms with Gasteiger partial charge in [-0.15, -0.1) is 0 Å². The highest BCUT2D eigenvalue weighted by atomic mass is 16.7. The highest BCUT2D eigenvalue weighted by Gasteiger charge is 2.23. The standard InChI is InChI=1S/C13H15NO6/c1-7-5-11(6-8(2)12(7)14(17)18)13(19-9(3)15)20-10(4)16/h5-6,13H,1-4H3. The van der Waals surface area contributed by atoms with Gasteiger partial charge in [0.15, 0.2) is 0 Å². The van der Waals surface area contributed by atoms with Gasteiger partial charge in [0.25, 0.3) is 12.0 Å². The molecule has 0 aliphatic rings. The number of nitrogens with zero attached hydrogens (tertiary/aromatic N) is 1. The Morgan fingerprint density at radius 3 is 1.80 bits per heavy atom. The maximum atomic E-state index is 11.0. The Bertz CT molecular complexity index is 527. The molecule has 1 rings (SSSR count). The number of carbonyl (C=O) groups is 2. The second-order valence-corrected chi connectivity index (χ2v) is 4.31. The minimum Gasteiger partial charge on any atom is -0.421 e. The zero-order valence-electron chi connectivity index (χ0n) is 11.6. The number of nitro benzene ring substituents is 1. The van der Waals surface area contributed by atoms with E-state index in [1.54, 1.807) is 13.8 Å². The summed E-state index contributed by atoms with van der Waals surface area (Å²) < 4.78 is 9.81. The quantitative estimate of drug-likeness (QED) is 0.364. The summed E-state index contributed by atoms with van der Waals surface area (Å²) in [5.41, 5.74) is 1.15. The van der Waals surface area contributed by atoms with Crippen LogP contribution in [0.5, 0.6) is 0 Å². The maximum absolute atomic E-state index is 11.0. The van der Waals surface area contributed by atoms with Crippen LogP contribution in [0.4, 0.5) is 5.69 Å². The van der Waals surface area contributed by atoms with E-state index < -0.39 is 23.2 Å². The van der Waals surface area contributed by atoms with Crippen molar-refractivity contribution in [1.82, 2.24) is 0 Å². The fourth-order valence-electron chi connectivity index (χ4n) is 1.88. The fourth-order valence-corrected chi connectivity index (χ4v) is 1.88. The van der Waals surface area contributed by atoms with Crippen LogP contribution in [0.15, 0.2) is 12.1 Å². The van der Waals surface area contributed by atoms with Crippen LogP contribution < -0.4 is 0 Å². The van der Waals surface area contributed by atoms with E-state index in [4.69, 9.17) is 9.47 Å². The molecule has 0 heterocycles. The van der Waals surface area contributed by atoms with Crippen molar-refractivity contribution in [3.05, 3.63) is 38.9 Å². The minimum absolute atomic E-state index is 0.0156. The summed E-state index contributed by atoms with van der Waals surface area (Å²) in [5.74, 6) is -1.24. The summed E-state index contributed by atoms with van der Waals surface area (Å²) in [5, 5.41) is 10.9. The normalized spacial score (nSPS) is 10.2. The van der Waals surface area contributed by atoms with Crippen LogP contribution in [0.1, 0.15) is 36.8 Å². The van der Waals surface area contributed by atoms with Gasteiger partial charge in [-0.3, -0.25) is 19.7 Å². The Morgan fingerprint density at radius 2 is 1.50 bits per heavy atom. The highest BCUT2D eigenvalue weighted by molar-refractivity contribution is 5.68. The minimum atomic E-state index is -1.21. The van der Waals surface area contributed by atoms with Gasteiger partial charge in [0.1, 0.15) is 0 Å². The van der Waals surface area contributed by atoms with Crippen LogP contribution in [-0.4, -0.2) is 16.9 Å². The summed E-state index contributed by atoms with van der Waals surface area (Å²) in [6.45, 7) is 5.49. The highest BCUT2D eigenvalue weighted by Crippen LogP contribution is 2.29. The van der Waals surface area contributed by atoms with Gasteiger partial charge in [-0.1, -0.05) is 0 Å². The largest absolute Gasteiger partial charge is 0.421 e. The Morgan fingerprint density at radius 1 is 1.10 bits per heavy atom. The second kappa shape index (κ2) is 6.14. The average molecular weight is 281 g/mol. The second-order valence-electron chi connectivity index (χ2n) is 4.31. The van der Waals surface area contributed by atoms with E-state index in [0.717, 1.165) is 0 Å². The van der Waals surface area contributed by atoms with Crippen LogP contribution >= 0.6 is 0 Å². The molecular weight excluding hydrogens is 266 g/mol. The van der Waals surface area contributed by atoms with E-state index in [9.17, 15) is 19.7 Å². The molecule has 0 saturated heterocycles. The number of rotatable bonds is 4. The van der Waals surface area contributed by atoms with Gasteiger partial charge in [0, 0.05) is 30.5 Å². The van der Waals surface area contributed by atoms with Crippen LogP contribution in [-0.2, 0) is 19.1 Å². The van der Waals surface area contributed by atoms with E-state index in [0.29, 0.717) is 16.7 Å². The van der Waals surface area contributed by atoms with Gasteiger partial charge >= 0.3 is 11.9 Å². The van der Waals surface area contributed by atoms with E-state index in [1.807, 2.05) is 0 Å². The number of benzene rings is 1. The molecular formula is C13H15NO6. The van der Waals surface area contributed by atoms with Crippen LogP contribution in [0, 0.1) is 24.0 Å². The van der Waals surface area contributed by atoms with Crippen molar-refractivity contribution in [2.45, 2.75) is 34.0 Å². The summed E-state index contributed by atoms with van der Waals surface area (Å²) in [7, 11) is 0. The molecule has 20 heavy (non-hydrogen) atoms. The van der Waals surface area contributed by atoms with Gasteiger partial charge in [0.05, 0.1) is 4.92 Å². The molecule has 0 saturated carbocycles. The van der Waals surface area contributed by atoms with Gasteiger partial charge in [-0.2, -0.15) is 0 Å². The number of aryl methyl sites for hydroxylation is 2. The molecule has 0 unspecified atom stereocenters. The van der Waals surface area contributed by atoms with E-state index in [-0.39, 0.29) is 5.69 Å². The van der Waals surface area contributed by atoms with Crippen molar-refractivity contribution in [1.29, 1.82) is 0 Å². The molecule has 0 radical (unpaired) electrons. The van der Waals surface area contributed by atoms with Crippen LogP contribution in [0.25, 0.3) is 0 Å². The Kier molecular flexibility index (Phi) is 4.79. The maximum Gasteiger partial charge on any atom is 0.305 e. The van der Waals surface area contributed by atoms with Crippen molar-refractivity contribution >= 4 is 17.6 Å². The third-order valence-electron chi connectivity index (χ3n) is 2.51. The SMILES string of the molecule is CC(=O)OC(OC(C)=O)c1cc(C)c([N+](=O)[O-])c(C)c1. The van der Waals surface area contributed by atoms with Gasteiger partial charge in [-0.25, -0.2) is 0 Å². The summed E-state index contributed by atoms with van der Waals surface area (Å²) in [6, 6.07) is 2.92. The smallest absolute Gasteiger partial charge is 0.305 e. The lowest BCUT2D eigenvalue weighted by Gasteiger charge is -2.18. The summed E-state index contributed by atoms with van der Waals surface area (Å²) in [4.78, 5) is 32.5. The monoisotopic (exact) mass is 281 g/mol. The molecule has 0 N–H and O–H groups in total. The lowest BCUT2D eigenvalue weighted by molar-refractivity contribution is -0.386. The molecule has 1 aromatic rings. The molecule has 7 nitrogen and oxygen atoms in total. The van der Waals surface area contributed by atoms with Crippen molar-refractivity contribution in [2.24, 2.45) is 0 Å². The van der Waals surface area contributed by atoms with Gasteiger partial charge in [0.2, 0.25) is 0 Å². The molecule has 0 aliphatic heterocycles. The number of nitro groups is 1. The zero-order valence-corrected chi connectivity index (χ0v) is 11.6. The fraction of sp³-hybridized carbons (Fsp3) is 0.385. The molecule has 0 bridgehead atoms. The first-order valence-electron chi connectivity index (χ1n) is 5.82. The van der Waals surface area contributed by atoms with Crippen LogP contribution in [0.2, 0.25) is 0 Å². The third-order valence-corrected chi connectivity index (χ3v) is 2.51. The zero-order chi connectivity index (χ0) is 15.4. The first-order chi connectivity index (χ1) is 9.22. The Hall–Kier alpha value is -2.44. The Labute approximate surface area is 115 Å². The number of carbonyl (C=O) groups excluding carboxylic acids is 2. The van der Waals surface area contributed by atoms with E-state index in [2.05, 4.69) is 0 Å². The van der Waals surface area contributed by atoms with Crippen molar-refractivity contribution in [3.8, 4) is 0 Å². The molecule has 0 atom stereocenters. The predicted molar refractivity (Wildman–Crippen MR) is 68.8 cm³/mol. The first kappa shape index (κ1) is 15.6. The number of esters is 2. The van der Waals surface area contributed by atoms with Crippen molar-refractivity contribution < 1.29 is 24.0 Å². The molecule has 0 amide bonds. The molecule has 108 valence electrons. The topological polar surface area (TPSA) is 95.7 Å². The van der Waals surface area contributed by atoms with Crippen molar-refractivity contribution in [2.75, 3.05) is 0 Å². The molecule has 0 aromatic heterocycles.